The molecule has 5 nitrogen and oxygen atoms in total. The number of rotatable bonds is 4. The highest BCUT2D eigenvalue weighted by molar-refractivity contribution is 5.74. The Bertz CT molecular complexity index is 215. The summed E-state index contributed by atoms with van der Waals surface area (Å²) >= 11 is 0. The van der Waals surface area contributed by atoms with Crippen molar-refractivity contribution in [1.29, 1.82) is 0 Å². The Morgan fingerprint density at radius 2 is 2.06 bits per heavy atom. The van der Waals surface area contributed by atoms with Gasteiger partial charge in [0.15, 0.2) is 0 Å². The Hall–Kier alpha value is -0.810. The molecule has 2 amide bonds. The largest absolute Gasteiger partial charge is 0.383 e. The van der Waals surface area contributed by atoms with Gasteiger partial charge in [-0.15, -0.1) is 0 Å². The summed E-state index contributed by atoms with van der Waals surface area (Å²) in [5, 5.41) is 0. The third-order valence-electron chi connectivity index (χ3n) is 2.69. The van der Waals surface area contributed by atoms with E-state index in [4.69, 9.17) is 9.47 Å². The highest BCUT2D eigenvalue weighted by Gasteiger charge is 2.24. The molecule has 0 aliphatic carbocycles. The fourth-order valence-corrected chi connectivity index (χ4v) is 1.70. The SMILES string of the molecule is COCCN(C(=O)N1CCOCC1)C(C)C. The average molecular weight is 230 g/mol. The van der Waals surface area contributed by atoms with Crippen LogP contribution < -0.4 is 0 Å². The van der Waals surface area contributed by atoms with Crippen LogP contribution in [0.15, 0.2) is 0 Å². The van der Waals surface area contributed by atoms with Gasteiger partial charge in [0.05, 0.1) is 19.8 Å². The Morgan fingerprint density at radius 3 is 2.56 bits per heavy atom. The molecule has 0 radical (unpaired) electrons. The van der Waals surface area contributed by atoms with Crippen LogP contribution in [0.3, 0.4) is 0 Å². The second-order valence-corrected chi connectivity index (χ2v) is 4.16. The van der Waals surface area contributed by atoms with E-state index in [2.05, 4.69) is 0 Å². The summed E-state index contributed by atoms with van der Waals surface area (Å²) in [5.74, 6) is 0. The molecule has 0 spiro atoms. The van der Waals surface area contributed by atoms with Crippen molar-refractivity contribution < 1.29 is 14.3 Å². The molecule has 1 aliphatic heterocycles. The number of amides is 2. The van der Waals surface area contributed by atoms with Gasteiger partial charge in [-0.2, -0.15) is 0 Å². The van der Waals surface area contributed by atoms with Gasteiger partial charge in [0.1, 0.15) is 0 Å². The maximum absolute atomic E-state index is 12.2. The summed E-state index contributed by atoms with van der Waals surface area (Å²) in [6.07, 6.45) is 0. The van der Waals surface area contributed by atoms with E-state index in [0.717, 1.165) is 0 Å². The highest BCUT2D eigenvalue weighted by atomic mass is 16.5. The zero-order chi connectivity index (χ0) is 12.0. The van der Waals surface area contributed by atoms with E-state index in [1.807, 2.05) is 23.6 Å². The zero-order valence-electron chi connectivity index (χ0n) is 10.4. The number of nitrogens with zero attached hydrogens (tertiary/aromatic N) is 2. The van der Waals surface area contributed by atoms with E-state index < -0.39 is 0 Å². The summed E-state index contributed by atoms with van der Waals surface area (Å²) in [7, 11) is 1.65. The quantitative estimate of drug-likeness (QED) is 0.717. The van der Waals surface area contributed by atoms with E-state index in [1.54, 1.807) is 7.11 Å². The molecule has 0 unspecified atom stereocenters. The van der Waals surface area contributed by atoms with Gasteiger partial charge in [-0.3, -0.25) is 0 Å². The molecule has 1 rings (SSSR count). The van der Waals surface area contributed by atoms with Crippen molar-refractivity contribution in [2.75, 3.05) is 46.6 Å². The molecule has 0 saturated carbocycles. The number of carbonyl (C=O) groups excluding carboxylic acids is 1. The van der Waals surface area contributed by atoms with Gasteiger partial charge in [0.2, 0.25) is 0 Å². The number of ether oxygens (including phenoxy) is 2. The molecule has 0 aromatic rings. The van der Waals surface area contributed by atoms with E-state index in [9.17, 15) is 4.79 Å². The molecular formula is C11H22N2O3. The van der Waals surface area contributed by atoms with Crippen LogP contribution in [0.25, 0.3) is 0 Å². The molecule has 1 fully saturated rings. The summed E-state index contributed by atoms with van der Waals surface area (Å²) in [6, 6.07) is 0.292. The summed E-state index contributed by atoms with van der Waals surface area (Å²) in [5.41, 5.74) is 0. The number of carbonyl (C=O) groups is 1. The van der Waals surface area contributed by atoms with Crippen LogP contribution in [0, 0.1) is 0 Å². The van der Waals surface area contributed by atoms with Crippen LogP contribution in [-0.4, -0.2) is 68.4 Å². The van der Waals surface area contributed by atoms with Gasteiger partial charge in [-0.1, -0.05) is 0 Å². The van der Waals surface area contributed by atoms with Crippen LogP contribution in [0.1, 0.15) is 13.8 Å². The van der Waals surface area contributed by atoms with Crippen molar-refractivity contribution in [2.24, 2.45) is 0 Å². The first-order valence-corrected chi connectivity index (χ1v) is 5.79. The summed E-state index contributed by atoms with van der Waals surface area (Å²) < 4.78 is 10.3. The zero-order valence-corrected chi connectivity index (χ0v) is 10.4. The van der Waals surface area contributed by atoms with Crippen LogP contribution in [0.4, 0.5) is 4.79 Å². The Labute approximate surface area is 97.3 Å². The average Bonchev–Trinajstić information content (AvgIpc) is 2.30. The van der Waals surface area contributed by atoms with Crippen LogP contribution in [0.5, 0.6) is 0 Å². The standard InChI is InChI=1S/C11H22N2O3/c1-10(2)13(6-7-15-3)11(14)12-4-8-16-9-5-12/h10H,4-9H2,1-3H3. The van der Waals surface area contributed by atoms with Gasteiger partial charge in [-0.25, -0.2) is 4.79 Å². The molecule has 16 heavy (non-hydrogen) atoms. The van der Waals surface area contributed by atoms with E-state index in [1.165, 1.54) is 0 Å². The minimum atomic E-state index is 0.0929. The van der Waals surface area contributed by atoms with Crippen molar-refractivity contribution in [3.8, 4) is 0 Å². The third-order valence-corrected chi connectivity index (χ3v) is 2.69. The minimum Gasteiger partial charge on any atom is -0.383 e. The van der Waals surface area contributed by atoms with E-state index >= 15 is 0 Å². The van der Waals surface area contributed by atoms with E-state index in [-0.39, 0.29) is 12.1 Å². The maximum atomic E-state index is 12.2. The number of urea groups is 1. The first-order valence-electron chi connectivity index (χ1n) is 5.79. The van der Waals surface area contributed by atoms with Crippen LogP contribution >= 0.6 is 0 Å². The van der Waals surface area contributed by atoms with Gasteiger partial charge >= 0.3 is 6.03 Å². The van der Waals surface area contributed by atoms with Crippen molar-refractivity contribution in [3.05, 3.63) is 0 Å². The topological polar surface area (TPSA) is 42.0 Å². The highest BCUT2D eigenvalue weighted by Crippen LogP contribution is 2.07. The van der Waals surface area contributed by atoms with Crippen molar-refractivity contribution in [1.82, 2.24) is 9.80 Å². The summed E-state index contributed by atoms with van der Waals surface area (Å²) in [4.78, 5) is 15.9. The Balaban J connectivity index is 2.51. The predicted molar refractivity (Wildman–Crippen MR) is 61.5 cm³/mol. The van der Waals surface area contributed by atoms with Crippen molar-refractivity contribution >= 4 is 6.03 Å². The fraction of sp³-hybridized carbons (Fsp3) is 0.909. The molecular weight excluding hydrogens is 208 g/mol. The molecule has 1 saturated heterocycles. The van der Waals surface area contributed by atoms with E-state index in [0.29, 0.717) is 39.5 Å². The lowest BCUT2D eigenvalue weighted by Crippen LogP contribution is -2.51. The molecule has 1 aliphatic rings. The normalized spacial score (nSPS) is 16.6. The maximum Gasteiger partial charge on any atom is 0.320 e. The number of hydrogen-bond donors (Lipinski definition) is 0. The number of hydrogen-bond acceptors (Lipinski definition) is 3. The molecule has 94 valence electrons. The summed E-state index contributed by atoms with van der Waals surface area (Å²) in [6.45, 7) is 7.93. The first-order chi connectivity index (χ1) is 7.66. The molecule has 1 heterocycles. The smallest absolute Gasteiger partial charge is 0.320 e. The monoisotopic (exact) mass is 230 g/mol. The van der Waals surface area contributed by atoms with Crippen molar-refractivity contribution in [3.63, 3.8) is 0 Å². The lowest BCUT2D eigenvalue weighted by Gasteiger charge is -2.35. The predicted octanol–water partition coefficient (Wildman–Crippen LogP) is 0.795. The molecule has 5 heteroatoms. The van der Waals surface area contributed by atoms with Gasteiger partial charge in [0, 0.05) is 32.8 Å². The van der Waals surface area contributed by atoms with Gasteiger partial charge in [-0.05, 0) is 13.8 Å². The second kappa shape index (κ2) is 6.70. The molecule has 0 atom stereocenters. The van der Waals surface area contributed by atoms with Gasteiger partial charge < -0.3 is 19.3 Å². The lowest BCUT2D eigenvalue weighted by atomic mass is 10.3. The molecule has 0 bridgehead atoms. The number of morpholine rings is 1. The molecule has 0 N–H and O–H groups in total. The van der Waals surface area contributed by atoms with Crippen LogP contribution in [0.2, 0.25) is 0 Å². The lowest BCUT2D eigenvalue weighted by molar-refractivity contribution is 0.0374. The fourth-order valence-electron chi connectivity index (χ4n) is 1.70. The second-order valence-electron chi connectivity index (χ2n) is 4.16. The Kier molecular flexibility index (Phi) is 5.55. The third kappa shape index (κ3) is 3.64. The Morgan fingerprint density at radius 1 is 1.44 bits per heavy atom. The van der Waals surface area contributed by atoms with Crippen molar-refractivity contribution in [2.45, 2.75) is 19.9 Å². The van der Waals surface area contributed by atoms with Gasteiger partial charge in [0.25, 0.3) is 0 Å². The minimum absolute atomic E-state index is 0.0929. The molecule has 0 aromatic heterocycles. The van der Waals surface area contributed by atoms with Crippen LogP contribution in [-0.2, 0) is 9.47 Å². The number of methoxy groups -OCH3 is 1. The molecule has 0 aromatic carbocycles. The first kappa shape index (κ1) is 13.3.